The van der Waals surface area contributed by atoms with E-state index in [1.807, 2.05) is 19.9 Å². The topological polar surface area (TPSA) is 109 Å². The van der Waals surface area contributed by atoms with Crippen LogP contribution in [-0.2, 0) is 0 Å². The Hall–Kier alpha value is -2.63. The molecule has 0 radical (unpaired) electrons. The summed E-state index contributed by atoms with van der Waals surface area (Å²) >= 11 is 0. The van der Waals surface area contributed by atoms with Crippen LogP contribution in [0.5, 0.6) is 0 Å². The van der Waals surface area contributed by atoms with E-state index in [0.717, 1.165) is 11.1 Å². The second kappa shape index (κ2) is 6.34. The number of carbonyl (C=O) groups is 1. The molecule has 0 bridgehead atoms. The summed E-state index contributed by atoms with van der Waals surface area (Å²) < 4.78 is 1.30. The van der Waals surface area contributed by atoms with Gasteiger partial charge in [0.2, 0.25) is 0 Å². The van der Waals surface area contributed by atoms with E-state index >= 15 is 0 Å². The summed E-state index contributed by atoms with van der Waals surface area (Å²) in [5.41, 5.74) is 7.44. The van der Waals surface area contributed by atoms with Crippen LogP contribution in [0, 0.1) is 13.8 Å². The Morgan fingerprint density at radius 1 is 1.26 bits per heavy atom. The fraction of sp³-hybridized carbons (Fsp3) is 0.154. The van der Waals surface area contributed by atoms with Gasteiger partial charge in [-0.3, -0.25) is 16.6 Å². The maximum Gasteiger partial charge on any atom is 0.314 e. The second-order valence-electron chi connectivity index (χ2n) is 4.07. The minimum atomic E-state index is -1.11. The van der Waals surface area contributed by atoms with Gasteiger partial charge in [0.15, 0.2) is 0 Å². The van der Waals surface area contributed by atoms with Gasteiger partial charge in [0.1, 0.15) is 12.4 Å². The Bertz CT molecular complexity index is 543. The molecule has 0 aliphatic heterocycles. The highest BCUT2D eigenvalue weighted by molar-refractivity contribution is 5.86. The van der Waals surface area contributed by atoms with Crippen LogP contribution in [0.2, 0.25) is 0 Å². The zero-order chi connectivity index (χ0) is 14.4. The molecule has 0 unspecified atom stereocenters. The number of aromatic nitrogens is 2. The molecule has 0 saturated carbocycles. The number of benzene rings is 1. The molecule has 0 aliphatic rings. The average Bonchev–Trinajstić information content (AvgIpc) is 2.32. The van der Waals surface area contributed by atoms with Gasteiger partial charge in [-0.15, -0.1) is 4.68 Å². The van der Waals surface area contributed by atoms with Crippen LogP contribution in [0.1, 0.15) is 21.5 Å². The number of nitrogen functional groups attached to an aromatic ring is 2. The third-order valence-corrected chi connectivity index (χ3v) is 2.28. The number of hydrogen-bond acceptors (Lipinski definition) is 5. The van der Waals surface area contributed by atoms with E-state index in [0.29, 0.717) is 5.82 Å². The molecule has 0 saturated heterocycles. The maximum atomic E-state index is 10.4. The number of carboxylic acids is 1. The predicted molar refractivity (Wildman–Crippen MR) is 69.2 cm³/mol. The van der Waals surface area contributed by atoms with Crippen molar-refractivity contribution in [2.75, 3.05) is 11.6 Å². The van der Waals surface area contributed by atoms with Crippen LogP contribution in [0.4, 0.5) is 5.82 Å². The zero-order valence-corrected chi connectivity index (χ0v) is 10.8. The Balaban J connectivity index is 0.000000200. The third kappa shape index (κ3) is 4.63. The smallest absolute Gasteiger partial charge is 0.314 e. The summed E-state index contributed by atoms with van der Waals surface area (Å²) in [5.74, 6) is 4.61. The Labute approximate surface area is 111 Å². The van der Waals surface area contributed by atoms with E-state index in [2.05, 4.69) is 4.98 Å². The van der Waals surface area contributed by atoms with E-state index < -0.39 is 5.97 Å². The van der Waals surface area contributed by atoms with Gasteiger partial charge >= 0.3 is 5.82 Å². The maximum absolute atomic E-state index is 10.4. The van der Waals surface area contributed by atoms with E-state index in [4.69, 9.17) is 11.6 Å². The lowest BCUT2D eigenvalue weighted by Crippen LogP contribution is -2.46. The summed E-state index contributed by atoms with van der Waals surface area (Å²) in [4.78, 5) is 14.1. The van der Waals surface area contributed by atoms with Crippen LogP contribution in [0.15, 0.2) is 36.8 Å². The van der Waals surface area contributed by atoms with E-state index in [9.17, 15) is 9.90 Å². The van der Waals surface area contributed by atoms with Crippen molar-refractivity contribution in [3.05, 3.63) is 53.5 Å². The number of nitrogens with zero attached hydrogens (tertiary/aromatic N) is 2. The van der Waals surface area contributed by atoms with Crippen molar-refractivity contribution < 1.29 is 14.6 Å². The molecule has 0 spiro atoms. The number of rotatable bonds is 1. The summed E-state index contributed by atoms with van der Waals surface area (Å²) in [7, 11) is 0. The van der Waals surface area contributed by atoms with Gasteiger partial charge in [0.05, 0.1) is 12.2 Å². The van der Waals surface area contributed by atoms with Gasteiger partial charge in [-0.25, -0.2) is 0 Å². The largest absolute Gasteiger partial charge is 0.545 e. The lowest BCUT2D eigenvalue weighted by Gasteiger charge is -2.04. The van der Waals surface area contributed by atoms with Crippen molar-refractivity contribution in [1.29, 1.82) is 0 Å². The summed E-state index contributed by atoms with van der Waals surface area (Å²) in [5, 5.41) is 10.4. The van der Waals surface area contributed by atoms with Crippen LogP contribution in [0.3, 0.4) is 0 Å². The second-order valence-corrected chi connectivity index (χ2v) is 4.07. The van der Waals surface area contributed by atoms with Gasteiger partial charge in [-0.2, -0.15) is 0 Å². The van der Waals surface area contributed by atoms with Gasteiger partial charge < -0.3 is 9.90 Å². The highest BCUT2D eigenvalue weighted by Crippen LogP contribution is 2.07. The monoisotopic (exact) mass is 260 g/mol. The molecule has 0 atom stereocenters. The number of anilines is 1. The lowest BCUT2D eigenvalue weighted by molar-refractivity contribution is -0.624. The van der Waals surface area contributed by atoms with E-state index in [-0.39, 0.29) is 5.56 Å². The molecular weight excluding hydrogens is 244 g/mol. The van der Waals surface area contributed by atoms with Crippen LogP contribution in [-0.4, -0.2) is 11.0 Å². The van der Waals surface area contributed by atoms with Gasteiger partial charge in [0, 0.05) is 0 Å². The van der Waals surface area contributed by atoms with Crippen LogP contribution < -0.4 is 21.4 Å². The minimum Gasteiger partial charge on any atom is -0.545 e. The standard InChI is InChI=1S/C9H10O2.C4H6N4/c1-6-3-7(2)5-8(4-6)9(10)11;5-4-3-7-1-2-8(4)6/h3-5H,1-2H3,(H,10,11);1-3,5H,6H2. The van der Waals surface area contributed by atoms with Crippen molar-refractivity contribution in [1.82, 2.24) is 4.98 Å². The van der Waals surface area contributed by atoms with Crippen LogP contribution in [0.25, 0.3) is 0 Å². The average molecular weight is 260 g/mol. The normalized spacial score (nSPS) is 9.37. The molecule has 19 heavy (non-hydrogen) atoms. The molecule has 2 rings (SSSR count). The predicted octanol–water partition coefficient (Wildman–Crippen LogP) is -0.668. The molecule has 0 fully saturated rings. The number of hydrogen-bond donors (Lipinski definition) is 2. The highest BCUT2D eigenvalue weighted by Gasteiger charge is 1.95. The SMILES string of the molecule is Cc1cc(C)cc(C(=O)[O-])c1.Nc1cncc[n+]1N. The van der Waals surface area contributed by atoms with E-state index in [1.54, 1.807) is 24.5 Å². The number of nitrogens with two attached hydrogens (primary N) is 2. The first-order chi connectivity index (χ1) is 8.90. The van der Waals surface area contributed by atoms with Crippen molar-refractivity contribution in [2.24, 2.45) is 0 Å². The van der Waals surface area contributed by atoms with Crippen molar-refractivity contribution in [3.63, 3.8) is 0 Å². The fourth-order valence-corrected chi connectivity index (χ4v) is 1.47. The molecule has 4 N–H and O–H groups in total. The first kappa shape index (κ1) is 14.4. The number of aromatic carboxylic acids is 1. The summed E-state index contributed by atoms with van der Waals surface area (Å²) in [6.07, 6.45) is 4.63. The third-order valence-electron chi connectivity index (χ3n) is 2.28. The number of aryl methyl sites for hydroxylation is 2. The van der Waals surface area contributed by atoms with Crippen molar-refractivity contribution in [2.45, 2.75) is 13.8 Å². The Morgan fingerprint density at radius 3 is 2.21 bits per heavy atom. The minimum absolute atomic E-state index is 0.252. The first-order valence-corrected chi connectivity index (χ1v) is 5.56. The number of carboxylic acid groups (broad SMARTS) is 1. The molecule has 6 heteroatoms. The molecule has 1 aromatic heterocycles. The quantitative estimate of drug-likeness (QED) is 0.522. The summed E-state index contributed by atoms with van der Waals surface area (Å²) in [6.45, 7) is 3.72. The van der Waals surface area contributed by atoms with E-state index in [1.165, 1.54) is 10.9 Å². The fourth-order valence-electron chi connectivity index (χ4n) is 1.47. The van der Waals surface area contributed by atoms with Crippen molar-refractivity contribution >= 4 is 11.8 Å². The number of carbonyl (C=O) groups excluding carboxylic acids is 1. The van der Waals surface area contributed by atoms with Crippen molar-refractivity contribution in [3.8, 4) is 0 Å². The molecule has 0 amide bonds. The zero-order valence-electron chi connectivity index (χ0n) is 10.8. The molecule has 1 heterocycles. The van der Waals surface area contributed by atoms with Gasteiger partial charge in [-0.1, -0.05) is 29.3 Å². The molecule has 0 aliphatic carbocycles. The first-order valence-electron chi connectivity index (χ1n) is 5.56. The van der Waals surface area contributed by atoms with Gasteiger partial charge in [-0.05, 0) is 19.4 Å². The van der Waals surface area contributed by atoms with Crippen LogP contribution >= 0.6 is 0 Å². The molecular formula is C13H16N4O2. The molecule has 100 valence electrons. The lowest BCUT2D eigenvalue weighted by atomic mass is 10.1. The highest BCUT2D eigenvalue weighted by atomic mass is 16.4. The van der Waals surface area contributed by atoms with Gasteiger partial charge in [0.25, 0.3) is 0 Å². The Morgan fingerprint density at radius 2 is 1.84 bits per heavy atom. The molecule has 2 aromatic rings. The molecule has 6 nitrogen and oxygen atoms in total. The summed E-state index contributed by atoms with van der Waals surface area (Å²) in [6, 6.07) is 5.12. The molecule has 1 aromatic carbocycles. The Kier molecular flexibility index (Phi) is 4.82.